The fourth-order valence-corrected chi connectivity index (χ4v) is 0.710. The molecule has 0 aliphatic carbocycles. The molecule has 0 spiro atoms. The maximum Gasteiger partial charge on any atom is 0.143 e. The summed E-state index contributed by atoms with van der Waals surface area (Å²) < 4.78 is 0. The van der Waals surface area contributed by atoms with Gasteiger partial charge in [-0.25, -0.2) is 0 Å². The molecule has 4 nitrogen and oxygen atoms in total. The number of nitriles is 1. The molecule has 1 rings (SSSR count). The lowest BCUT2D eigenvalue weighted by Gasteiger charge is -1.96. The van der Waals surface area contributed by atoms with Gasteiger partial charge in [-0.15, -0.1) is 0 Å². The van der Waals surface area contributed by atoms with Gasteiger partial charge in [0.05, 0.1) is 5.56 Å². The monoisotopic (exact) mass is 146 g/mol. The second kappa shape index (κ2) is 2.80. The van der Waals surface area contributed by atoms with Gasteiger partial charge in [0, 0.05) is 6.20 Å². The van der Waals surface area contributed by atoms with Crippen molar-refractivity contribution in [2.24, 2.45) is 5.73 Å². The Morgan fingerprint density at radius 3 is 2.91 bits per heavy atom. The molecule has 0 aliphatic heterocycles. The van der Waals surface area contributed by atoms with Gasteiger partial charge in [-0.2, -0.15) is 5.26 Å². The predicted molar refractivity (Wildman–Crippen MR) is 40.0 cm³/mol. The quantitative estimate of drug-likeness (QED) is 0.439. The third-order valence-corrected chi connectivity index (χ3v) is 1.18. The summed E-state index contributed by atoms with van der Waals surface area (Å²) in [7, 11) is 0. The average Bonchev–Trinajstić information content (AvgIpc) is 2.04. The second-order valence-electron chi connectivity index (χ2n) is 1.93. The van der Waals surface area contributed by atoms with E-state index in [4.69, 9.17) is 16.4 Å². The summed E-state index contributed by atoms with van der Waals surface area (Å²) in [5, 5.41) is 15.6. The van der Waals surface area contributed by atoms with E-state index in [1.807, 2.05) is 6.07 Å². The maximum atomic E-state index is 8.53. The molecular formula is C7H6N4. The van der Waals surface area contributed by atoms with E-state index in [9.17, 15) is 0 Å². The molecule has 4 heteroatoms. The van der Waals surface area contributed by atoms with Crippen molar-refractivity contribution < 1.29 is 0 Å². The molecule has 54 valence electrons. The number of hydrogen-bond donors (Lipinski definition) is 2. The standard InChI is InChI=1S/C7H6N4/c8-4-5-2-1-3-11-6(5)7(9)10/h1-3H,(H3,9,10). The van der Waals surface area contributed by atoms with Crippen molar-refractivity contribution in [3.8, 4) is 6.07 Å². The molecule has 0 radical (unpaired) electrons. The number of nitrogens with one attached hydrogen (secondary N) is 1. The smallest absolute Gasteiger partial charge is 0.143 e. The van der Waals surface area contributed by atoms with E-state index in [1.54, 1.807) is 12.1 Å². The van der Waals surface area contributed by atoms with Crippen molar-refractivity contribution >= 4 is 5.84 Å². The zero-order valence-corrected chi connectivity index (χ0v) is 5.70. The third-order valence-electron chi connectivity index (χ3n) is 1.18. The van der Waals surface area contributed by atoms with Crippen molar-refractivity contribution in [1.82, 2.24) is 4.98 Å². The molecule has 1 heterocycles. The van der Waals surface area contributed by atoms with Gasteiger partial charge < -0.3 is 5.73 Å². The average molecular weight is 146 g/mol. The van der Waals surface area contributed by atoms with Gasteiger partial charge in [0.1, 0.15) is 17.6 Å². The summed E-state index contributed by atoms with van der Waals surface area (Å²) in [5.74, 6) is -0.179. The van der Waals surface area contributed by atoms with Crippen LogP contribution in [0.1, 0.15) is 11.3 Å². The Bertz CT molecular complexity index is 323. The van der Waals surface area contributed by atoms with E-state index in [0.29, 0.717) is 5.56 Å². The number of nitrogens with two attached hydrogens (primary N) is 1. The first-order chi connectivity index (χ1) is 5.25. The van der Waals surface area contributed by atoms with E-state index < -0.39 is 0 Å². The van der Waals surface area contributed by atoms with Crippen molar-refractivity contribution in [3.63, 3.8) is 0 Å². The number of pyridine rings is 1. The van der Waals surface area contributed by atoms with Crippen molar-refractivity contribution in [2.45, 2.75) is 0 Å². The van der Waals surface area contributed by atoms with E-state index in [-0.39, 0.29) is 11.5 Å². The molecular weight excluding hydrogens is 140 g/mol. The highest BCUT2D eigenvalue weighted by atomic mass is 14.8. The second-order valence-corrected chi connectivity index (χ2v) is 1.93. The van der Waals surface area contributed by atoms with Crippen LogP contribution >= 0.6 is 0 Å². The molecule has 1 aromatic heterocycles. The minimum absolute atomic E-state index is 0.179. The number of aromatic nitrogens is 1. The van der Waals surface area contributed by atoms with Crippen LogP contribution in [0, 0.1) is 16.7 Å². The van der Waals surface area contributed by atoms with E-state index in [2.05, 4.69) is 4.98 Å². The minimum atomic E-state index is -0.179. The van der Waals surface area contributed by atoms with Crippen LogP contribution < -0.4 is 5.73 Å². The SMILES string of the molecule is N#Cc1cccnc1C(=N)N. The van der Waals surface area contributed by atoms with Crippen LogP contribution in [0.25, 0.3) is 0 Å². The summed E-state index contributed by atoms with van der Waals surface area (Å²) >= 11 is 0. The molecule has 0 aliphatic rings. The van der Waals surface area contributed by atoms with Crippen molar-refractivity contribution in [3.05, 3.63) is 29.6 Å². The van der Waals surface area contributed by atoms with Crippen LogP contribution in [-0.2, 0) is 0 Å². The molecule has 0 bridgehead atoms. The summed E-state index contributed by atoms with van der Waals surface area (Å²) in [6.07, 6.45) is 1.50. The number of hydrogen-bond acceptors (Lipinski definition) is 3. The third kappa shape index (κ3) is 1.33. The van der Waals surface area contributed by atoms with Gasteiger partial charge in [-0.3, -0.25) is 10.4 Å². The number of nitrogen functional groups attached to an aromatic ring is 1. The molecule has 3 N–H and O–H groups in total. The highest BCUT2D eigenvalue weighted by molar-refractivity contribution is 5.95. The zero-order chi connectivity index (χ0) is 8.27. The largest absolute Gasteiger partial charge is 0.382 e. The van der Waals surface area contributed by atoms with Gasteiger partial charge in [0.15, 0.2) is 0 Å². The summed E-state index contributed by atoms with van der Waals surface area (Å²) in [6, 6.07) is 5.10. The Balaban J connectivity index is 3.26. The summed E-state index contributed by atoms with van der Waals surface area (Å²) in [5.41, 5.74) is 5.74. The molecule has 11 heavy (non-hydrogen) atoms. The lowest BCUT2D eigenvalue weighted by Crippen LogP contribution is -2.14. The van der Waals surface area contributed by atoms with Crippen molar-refractivity contribution in [2.75, 3.05) is 0 Å². The first kappa shape index (κ1) is 7.22. The van der Waals surface area contributed by atoms with Crippen LogP contribution in [0.5, 0.6) is 0 Å². The van der Waals surface area contributed by atoms with Crippen LogP contribution in [0.4, 0.5) is 0 Å². The fraction of sp³-hybridized carbons (Fsp3) is 0. The Kier molecular flexibility index (Phi) is 1.83. The van der Waals surface area contributed by atoms with Gasteiger partial charge in [0.2, 0.25) is 0 Å². The molecule has 0 unspecified atom stereocenters. The van der Waals surface area contributed by atoms with Gasteiger partial charge in [0.25, 0.3) is 0 Å². The Hall–Kier alpha value is -1.89. The molecule has 0 aromatic carbocycles. The zero-order valence-electron chi connectivity index (χ0n) is 5.70. The Morgan fingerprint density at radius 1 is 1.73 bits per heavy atom. The molecule has 0 amide bonds. The topological polar surface area (TPSA) is 86.5 Å². The summed E-state index contributed by atoms with van der Waals surface area (Å²) in [4.78, 5) is 3.78. The minimum Gasteiger partial charge on any atom is -0.382 e. The highest BCUT2D eigenvalue weighted by Crippen LogP contribution is 2.00. The lowest BCUT2D eigenvalue weighted by atomic mass is 10.2. The highest BCUT2D eigenvalue weighted by Gasteiger charge is 2.03. The number of nitrogens with zero attached hydrogens (tertiary/aromatic N) is 2. The molecule has 0 saturated carbocycles. The Morgan fingerprint density at radius 2 is 2.45 bits per heavy atom. The molecule has 0 fully saturated rings. The van der Waals surface area contributed by atoms with E-state index >= 15 is 0 Å². The molecule has 1 aromatic rings. The molecule has 0 atom stereocenters. The van der Waals surface area contributed by atoms with Crippen LogP contribution in [-0.4, -0.2) is 10.8 Å². The normalized spacial score (nSPS) is 8.64. The van der Waals surface area contributed by atoms with Gasteiger partial charge in [-0.05, 0) is 12.1 Å². The first-order valence-electron chi connectivity index (χ1n) is 2.95. The van der Waals surface area contributed by atoms with Crippen molar-refractivity contribution in [1.29, 1.82) is 10.7 Å². The van der Waals surface area contributed by atoms with Gasteiger partial charge in [-0.1, -0.05) is 0 Å². The van der Waals surface area contributed by atoms with Crippen LogP contribution in [0.2, 0.25) is 0 Å². The van der Waals surface area contributed by atoms with E-state index in [0.717, 1.165) is 0 Å². The Labute approximate surface area is 63.8 Å². The predicted octanol–water partition coefficient (Wildman–Crippen LogP) is 0.237. The van der Waals surface area contributed by atoms with Gasteiger partial charge >= 0.3 is 0 Å². The lowest BCUT2D eigenvalue weighted by molar-refractivity contribution is 1.23. The molecule has 0 saturated heterocycles. The fourth-order valence-electron chi connectivity index (χ4n) is 0.710. The van der Waals surface area contributed by atoms with E-state index in [1.165, 1.54) is 6.20 Å². The van der Waals surface area contributed by atoms with Crippen LogP contribution in [0.15, 0.2) is 18.3 Å². The first-order valence-corrected chi connectivity index (χ1v) is 2.95. The van der Waals surface area contributed by atoms with Crippen LogP contribution in [0.3, 0.4) is 0 Å². The number of rotatable bonds is 1. The number of amidine groups is 1. The maximum absolute atomic E-state index is 8.53. The summed E-state index contributed by atoms with van der Waals surface area (Å²) in [6.45, 7) is 0.